The van der Waals surface area contributed by atoms with Crippen LogP contribution in [0.1, 0.15) is 16.8 Å². The molecule has 0 aliphatic carbocycles. The molecule has 0 spiro atoms. The van der Waals surface area contributed by atoms with E-state index in [0.29, 0.717) is 35.2 Å². The van der Waals surface area contributed by atoms with E-state index in [4.69, 9.17) is 13.9 Å². The number of amides is 1. The fraction of sp³-hybridized carbons (Fsp3) is 0.385. The van der Waals surface area contributed by atoms with Gasteiger partial charge in [-0.1, -0.05) is 42.5 Å². The molecule has 33 heavy (non-hydrogen) atoms. The highest BCUT2D eigenvalue weighted by atomic mass is 16.5. The van der Waals surface area contributed by atoms with Crippen molar-refractivity contribution in [2.24, 2.45) is 5.92 Å². The average molecular weight is 448 g/mol. The standard InChI is InChI=1S/C26H29N3O4/c30-25(27-16-23(20-10-13-32-18-20)29-11-14-31-15-12-29)21-8-4-5-9-22(21)26-28-17-24(33-26)19-6-2-1-3-7-19/h1-9,17,20,23H,10-16,18H2,(H,27,30)/t20-,23-/m0/s1. The molecule has 2 aliphatic rings. The lowest BCUT2D eigenvalue weighted by atomic mass is 9.96. The van der Waals surface area contributed by atoms with Gasteiger partial charge in [-0.2, -0.15) is 0 Å². The normalized spacial score (nSPS) is 19.9. The van der Waals surface area contributed by atoms with Gasteiger partial charge in [-0.25, -0.2) is 4.98 Å². The van der Waals surface area contributed by atoms with Gasteiger partial charge in [0, 0.05) is 49.3 Å². The number of hydrogen-bond acceptors (Lipinski definition) is 6. The number of morpholine rings is 1. The first-order valence-corrected chi connectivity index (χ1v) is 11.6. The highest BCUT2D eigenvalue weighted by Gasteiger charge is 2.32. The zero-order valence-corrected chi connectivity index (χ0v) is 18.6. The molecule has 2 atom stereocenters. The molecule has 1 aromatic heterocycles. The molecule has 0 saturated carbocycles. The third kappa shape index (κ3) is 5.00. The van der Waals surface area contributed by atoms with E-state index in [-0.39, 0.29) is 11.9 Å². The number of benzene rings is 2. The fourth-order valence-corrected chi connectivity index (χ4v) is 4.65. The van der Waals surface area contributed by atoms with Crippen LogP contribution in [0.25, 0.3) is 22.8 Å². The van der Waals surface area contributed by atoms with Crippen molar-refractivity contribution in [3.05, 3.63) is 66.4 Å². The molecule has 3 aromatic rings. The maximum Gasteiger partial charge on any atom is 0.252 e. The Labute approximate surface area is 193 Å². The SMILES string of the molecule is O=C(NC[C@@H]([C@H]1CCOC1)N1CCOCC1)c1ccccc1-c1ncc(-c2ccccc2)o1. The van der Waals surface area contributed by atoms with E-state index in [9.17, 15) is 4.79 Å². The van der Waals surface area contributed by atoms with E-state index in [2.05, 4.69) is 15.2 Å². The quantitative estimate of drug-likeness (QED) is 0.598. The smallest absolute Gasteiger partial charge is 0.252 e. The number of carbonyl (C=O) groups excluding carboxylic acids is 1. The van der Waals surface area contributed by atoms with Crippen LogP contribution in [0, 0.1) is 5.92 Å². The van der Waals surface area contributed by atoms with E-state index >= 15 is 0 Å². The summed E-state index contributed by atoms with van der Waals surface area (Å²) >= 11 is 0. The van der Waals surface area contributed by atoms with Crippen molar-refractivity contribution in [3.8, 4) is 22.8 Å². The van der Waals surface area contributed by atoms with Crippen LogP contribution < -0.4 is 5.32 Å². The lowest BCUT2D eigenvalue weighted by Gasteiger charge is -2.37. The van der Waals surface area contributed by atoms with Crippen molar-refractivity contribution >= 4 is 5.91 Å². The maximum absolute atomic E-state index is 13.3. The van der Waals surface area contributed by atoms with Crippen molar-refractivity contribution in [1.29, 1.82) is 0 Å². The summed E-state index contributed by atoms with van der Waals surface area (Å²) in [5.74, 6) is 1.41. The first-order chi connectivity index (χ1) is 16.3. The number of nitrogens with zero attached hydrogens (tertiary/aromatic N) is 2. The summed E-state index contributed by atoms with van der Waals surface area (Å²) in [4.78, 5) is 20.1. The van der Waals surface area contributed by atoms with Crippen molar-refractivity contribution in [3.63, 3.8) is 0 Å². The molecule has 172 valence electrons. The molecule has 7 nitrogen and oxygen atoms in total. The first-order valence-electron chi connectivity index (χ1n) is 11.6. The minimum atomic E-state index is -0.123. The Balaban J connectivity index is 1.32. The number of oxazole rings is 1. The summed E-state index contributed by atoms with van der Waals surface area (Å²) in [6, 6.07) is 17.5. The Bertz CT molecular complexity index is 1060. The Morgan fingerprint density at radius 2 is 1.82 bits per heavy atom. The summed E-state index contributed by atoms with van der Waals surface area (Å²) in [6.07, 6.45) is 2.72. The molecule has 0 bridgehead atoms. The van der Waals surface area contributed by atoms with Crippen LogP contribution in [-0.2, 0) is 9.47 Å². The predicted molar refractivity (Wildman–Crippen MR) is 125 cm³/mol. The first kappa shape index (κ1) is 21.8. The van der Waals surface area contributed by atoms with Gasteiger partial charge in [0.15, 0.2) is 5.76 Å². The van der Waals surface area contributed by atoms with Gasteiger partial charge in [0.25, 0.3) is 5.91 Å². The summed E-state index contributed by atoms with van der Waals surface area (Å²) < 4.78 is 17.2. The molecular weight excluding hydrogens is 418 g/mol. The predicted octanol–water partition coefficient (Wildman–Crippen LogP) is 3.48. The topological polar surface area (TPSA) is 76.8 Å². The molecule has 3 heterocycles. The van der Waals surface area contributed by atoms with E-state index in [0.717, 1.165) is 51.5 Å². The van der Waals surface area contributed by atoms with Crippen LogP contribution in [0.3, 0.4) is 0 Å². The lowest BCUT2D eigenvalue weighted by molar-refractivity contribution is 0.00166. The van der Waals surface area contributed by atoms with Crippen molar-refractivity contribution in [1.82, 2.24) is 15.2 Å². The molecular formula is C26H29N3O4. The van der Waals surface area contributed by atoms with Gasteiger partial charge in [-0.3, -0.25) is 9.69 Å². The van der Waals surface area contributed by atoms with Gasteiger partial charge >= 0.3 is 0 Å². The monoisotopic (exact) mass is 447 g/mol. The highest BCUT2D eigenvalue weighted by molar-refractivity contribution is 6.00. The number of rotatable bonds is 7. The van der Waals surface area contributed by atoms with Crippen LogP contribution in [0.2, 0.25) is 0 Å². The van der Waals surface area contributed by atoms with E-state index in [1.54, 1.807) is 6.20 Å². The minimum absolute atomic E-state index is 0.123. The Morgan fingerprint density at radius 3 is 2.61 bits per heavy atom. The van der Waals surface area contributed by atoms with Crippen molar-refractivity contribution in [2.75, 3.05) is 46.1 Å². The lowest BCUT2D eigenvalue weighted by Crippen LogP contribution is -2.52. The van der Waals surface area contributed by atoms with Gasteiger partial charge in [0.05, 0.1) is 31.6 Å². The van der Waals surface area contributed by atoms with Crippen LogP contribution in [-0.4, -0.2) is 67.9 Å². The fourth-order valence-electron chi connectivity index (χ4n) is 4.65. The molecule has 5 rings (SSSR count). The molecule has 2 aliphatic heterocycles. The zero-order chi connectivity index (χ0) is 22.5. The summed E-state index contributed by atoms with van der Waals surface area (Å²) in [7, 11) is 0. The summed E-state index contributed by atoms with van der Waals surface area (Å²) in [5, 5.41) is 3.18. The van der Waals surface area contributed by atoms with Crippen molar-refractivity contribution < 1.29 is 18.7 Å². The van der Waals surface area contributed by atoms with Gasteiger partial charge in [-0.05, 0) is 18.6 Å². The van der Waals surface area contributed by atoms with Crippen molar-refractivity contribution in [2.45, 2.75) is 12.5 Å². The van der Waals surface area contributed by atoms with Crippen LogP contribution in [0.15, 0.2) is 65.2 Å². The Kier molecular flexibility index (Phi) is 6.81. The number of aromatic nitrogens is 1. The third-order valence-corrected chi connectivity index (χ3v) is 6.46. The summed E-state index contributed by atoms with van der Waals surface area (Å²) in [5.41, 5.74) is 2.19. The van der Waals surface area contributed by atoms with E-state index < -0.39 is 0 Å². The van der Waals surface area contributed by atoms with Gasteiger partial charge in [0.1, 0.15) is 0 Å². The largest absolute Gasteiger partial charge is 0.436 e. The second-order valence-corrected chi connectivity index (χ2v) is 8.49. The molecule has 2 saturated heterocycles. The Morgan fingerprint density at radius 1 is 1.03 bits per heavy atom. The van der Waals surface area contributed by atoms with Crippen LogP contribution in [0.4, 0.5) is 0 Å². The maximum atomic E-state index is 13.3. The zero-order valence-electron chi connectivity index (χ0n) is 18.6. The minimum Gasteiger partial charge on any atom is -0.436 e. The van der Waals surface area contributed by atoms with Crippen LogP contribution in [0.5, 0.6) is 0 Å². The van der Waals surface area contributed by atoms with E-state index in [1.807, 2.05) is 54.6 Å². The Hall–Kier alpha value is -3.00. The number of hydrogen-bond donors (Lipinski definition) is 1. The van der Waals surface area contributed by atoms with Gasteiger partial charge in [0.2, 0.25) is 5.89 Å². The van der Waals surface area contributed by atoms with Crippen LogP contribution >= 0.6 is 0 Å². The van der Waals surface area contributed by atoms with E-state index in [1.165, 1.54) is 0 Å². The third-order valence-electron chi connectivity index (χ3n) is 6.46. The number of carbonyl (C=O) groups is 1. The molecule has 0 unspecified atom stereocenters. The summed E-state index contributed by atoms with van der Waals surface area (Å²) in [6.45, 7) is 5.33. The molecule has 7 heteroatoms. The number of nitrogens with one attached hydrogen (secondary N) is 1. The number of ether oxygens (including phenoxy) is 2. The molecule has 2 aromatic carbocycles. The van der Waals surface area contributed by atoms with Gasteiger partial charge < -0.3 is 19.2 Å². The molecule has 1 N–H and O–H groups in total. The molecule has 2 fully saturated rings. The average Bonchev–Trinajstić information content (AvgIpc) is 3.58. The second kappa shape index (κ2) is 10.3. The molecule has 0 radical (unpaired) electrons. The highest BCUT2D eigenvalue weighted by Crippen LogP contribution is 2.28. The van der Waals surface area contributed by atoms with Gasteiger partial charge in [-0.15, -0.1) is 0 Å². The second-order valence-electron chi connectivity index (χ2n) is 8.49. The molecule has 1 amide bonds.